The zero-order chi connectivity index (χ0) is 53.6. The molecule has 1 amide bonds. The number of unbranched alkanes of at least 4 members (excludes halogenated alkanes) is 53. The van der Waals surface area contributed by atoms with Crippen LogP contribution in [0.1, 0.15) is 386 Å². The molecule has 0 aromatic carbocycles. The van der Waals surface area contributed by atoms with Crippen LogP contribution in [0.25, 0.3) is 0 Å². The van der Waals surface area contributed by atoms with Crippen molar-refractivity contribution in [1.82, 2.24) is 5.32 Å². The Bertz CT molecular complexity index is 1110. The molecule has 0 aliphatic rings. The van der Waals surface area contributed by atoms with E-state index in [1.54, 1.807) is 6.08 Å². The highest BCUT2D eigenvalue weighted by atomic mass is 16.5. The second-order valence-corrected chi connectivity index (χ2v) is 23.5. The normalized spacial score (nSPS) is 12.5. The molecular weight excluding hydrogens is 911 g/mol. The molecule has 0 aliphatic heterocycles. The van der Waals surface area contributed by atoms with E-state index in [1.807, 2.05) is 6.08 Å². The van der Waals surface area contributed by atoms with Crippen LogP contribution in [0.2, 0.25) is 0 Å². The Labute approximate surface area is 463 Å². The molecule has 0 heterocycles. The van der Waals surface area contributed by atoms with Gasteiger partial charge in [-0.3, -0.25) is 9.59 Å². The summed E-state index contributed by atoms with van der Waals surface area (Å²) in [6.07, 6.45) is 78.7. The van der Waals surface area contributed by atoms with Gasteiger partial charge in [-0.15, -0.1) is 0 Å². The highest BCUT2D eigenvalue weighted by molar-refractivity contribution is 5.76. The van der Waals surface area contributed by atoms with Crippen LogP contribution in [0.4, 0.5) is 0 Å². The third-order valence-corrected chi connectivity index (χ3v) is 16.1. The molecule has 0 fully saturated rings. The average molecular weight is 1040 g/mol. The van der Waals surface area contributed by atoms with Crippen LogP contribution in [0.15, 0.2) is 12.2 Å². The van der Waals surface area contributed by atoms with Crippen molar-refractivity contribution in [3.05, 3.63) is 12.2 Å². The minimum absolute atomic E-state index is 0.0222. The number of carbonyl (C=O) groups excluding carboxylic acids is 2. The van der Waals surface area contributed by atoms with E-state index in [0.717, 1.165) is 38.5 Å². The summed E-state index contributed by atoms with van der Waals surface area (Å²) in [5.41, 5.74) is 0. The number of nitrogens with one attached hydrogen (secondary N) is 1. The highest BCUT2D eigenvalue weighted by Gasteiger charge is 2.18. The molecule has 2 unspecified atom stereocenters. The van der Waals surface area contributed by atoms with Crippen LogP contribution in [0, 0.1) is 0 Å². The summed E-state index contributed by atoms with van der Waals surface area (Å²) >= 11 is 0. The standard InChI is InChI=1S/C68H133NO5/c1-3-5-7-9-11-13-15-37-40-44-48-52-56-60-66(71)65(64-70)69-67(72)61-57-53-49-45-41-38-35-33-31-29-27-25-23-21-19-17-18-20-22-24-26-28-30-32-34-36-39-43-47-51-55-59-63-74-68(73)62-58-54-50-46-42-16-14-12-10-8-6-4-2/h56,60,65-66,70-71H,3-55,57-59,61-64H2,1-2H3,(H,69,72)/b60-56+. The van der Waals surface area contributed by atoms with Gasteiger partial charge in [0.05, 0.1) is 25.4 Å². The van der Waals surface area contributed by atoms with Gasteiger partial charge in [0.25, 0.3) is 0 Å². The number of aliphatic hydroxyl groups is 2. The number of allylic oxidation sites excluding steroid dienone is 1. The van der Waals surface area contributed by atoms with Gasteiger partial charge >= 0.3 is 5.97 Å². The molecule has 6 nitrogen and oxygen atoms in total. The summed E-state index contributed by atoms with van der Waals surface area (Å²) in [5, 5.41) is 23.1. The van der Waals surface area contributed by atoms with E-state index >= 15 is 0 Å². The number of ether oxygens (including phenoxy) is 1. The summed E-state index contributed by atoms with van der Waals surface area (Å²) in [5.74, 6) is -0.0394. The smallest absolute Gasteiger partial charge is 0.305 e. The number of esters is 1. The van der Waals surface area contributed by atoms with Gasteiger partial charge in [0, 0.05) is 12.8 Å². The molecule has 0 aromatic rings. The number of hydrogen-bond donors (Lipinski definition) is 3. The lowest BCUT2D eigenvalue weighted by Gasteiger charge is -2.20. The van der Waals surface area contributed by atoms with Crippen molar-refractivity contribution in [2.75, 3.05) is 13.2 Å². The summed E-state index contributed by atoms with van der Waals surface area (Å²) in [6.45, 7) is 4.93. The van der Waals surface area contributed by atoms with E-state index in [4.69, 9.17) is 4.74 Å². The summed E-state index contributed by atoms with van der Waals surface area (Å²) in [4.78, 5) is 24.5. The number of amides is 1. The van der Waals surface area contributed by atoms with Gasteiger partial charge < -0.3 is 20.3 Å². The first-order valence-electron chi connectivity index (χ1n) is 34.0. The molecule has 74 heavy (non-hydrogen) atoms. The maximum Gasteiger partial charge on any atom is 0.305 e. The van der Waals surface area contributed by atoms with Crippen molar-refractivity contribution in [2.45, 2.75) is 398 Å². The van der Waals surface area contributed by atoms with Crippen LogP contribution in [0.3, 0.4) is 0 Å². The van der Waals surface area contributed by atoms with Gasteiger partial charge in [-0.2, -0.15) is 0 Å². The third-order valence-electron chi connectivity index (χ3n) is 16.1. The Morgan fingerprint density at radius 1 is 0.365 bits per heavy atom. The Kier molecular flexibility index (Phi) is 62.9. The largest absolute Gasteiger partial charge is 0.466 e. The van der Waals surface area contributed by atoms with E-state index in [1.165, 1.54) is 321 Å². The van der Waals surface area contributed by atoms with Crippen molar-refractivity contribution in [3.63, 3.8) is 0 Å². The third kappa shape index (κ3) is 59.8. The Morgan fingerprint density at radius 3 is 0.919 bits per heavy atom. The van der Waals surface area contributed by atoms with Crippen LogP contribution < -0.4 is 5.32 Å². The second-order valence-electron chi connectivity index (χ2n) is 23.5. The lowest BCUT2D eigenvalue weighted by Crippen LogP contribution is -2.45. The van der Waals surface area contributed by atoms with E-state index in [9.17, 15) is 19.8 Å². The average Bonchev–Trinajstić information content (AvgIpc) is 3.40. The maximum atomic E-state index is 12.5. The molecule has 440 valence electrons. The zero-order valence-corrected chi connectivity index (χ0v) is 50.4. The summed E-state index contributed by atoms with van der Waals surface area (Å²) in [6, 6.07) is -0.622. The fourth-order valence-corrected chi connectivity index (χ4v) is 10.9. The van der Waals surface area contributed by atoms with E-state index < -0.39 is 12.1 Å². The molecule has 0 aromatic heterocycles. The lowest BCUT2D eigenvalue weighted by atomic mass is 10.0. The lowest BCUT2D eigenvalue weighted by molar-refractivity contribution is -0.143. The van der Waals surface area contributed by atoms with Gasteiger partial charge in [-0.25, -0.2) is 0 Å². The molecule has 0 saturated carbocycles. The molecule has 3 N–H and O–H groups in total. The quantitative estimate of drug-likeness (QED) is 0.0320. The number of carbonyl (C=O) groups is 2. The van der Waals surface area contributed by atoms with Crippen molar-refractivity contribution in [2.24, 2.45) is 0 Å². The molecule has 0 bridgehead atoms. The van der Waals surface area contributed by atoms with Crippen LogP contribution in [-0.4, -0.2) is 47.4 Å². The van der Waals surface area contributed by atoms with Gasteiger partial charge in [0.15, 0.2) is 0 Å². The van der Waals surface area contributed by atoms with Gasteiger partial charge in [-0.05, 0) is 32.1 Å². The number of aliphatic hydroxyl groups excluding tert-OH is 2. The van der Waals surface area contributed by atoms with E-state index in [2.05, 4.69) is 19.2 Å². The minimum Gasteiger partial charge on any atom is -0.466 e. The van der Waals surface area contributed by atoms with E-state index in [-0.39, 0.29) is 18.5 Å². The molecule has 2 atom stereocenters. The molecule has 6 heteroatoms. The SMILES string of the molecule is CCCCCCCCCCCCC/C=C/C(O)C(CO)NC(=O)CCCCCCCCCCCCCCCCCCCCCCCCCCCCCCCCCCOC(=O)CCCCCCCCCCCCCC. The predicted molar refractivity (Wildman–Crippen MR) is 324 cm³/mol. The highest BCUT2D eigenvalue weighted by Crippen LogP contribution is 2.19. The monoisotopic (exact) mass is 1040 g/mol. The van der Waals surface area contributed by atoms with Crippen molar-refractivity contribution in [3.8, 4) is 0 Å². The van der Waals surface area contributed by atoms with Gasteiger partial charge in [0.2, 0.25) is 5.91 Å². The van der Waals surface area contributed by atoms with Gasteiger partial charge in [-0.1, -0.05) is 353 Å². The first kappa shape index (κ1) is 72.6. The molecule has 0 aliphatic carbocycles. The molecule has 0 spiro atoms. The number of hydrogen-bond acceptors (Lipinski definition) is 5. The van der Waals surface area contributed by atoms with Crippen LogP contribution >= 0.6 is 0 Å². The number of rotatable bonds is 64. The fourth-order valence-electron chi connectivity index (χ4n) is 10.9. The Morgan fingerprint density at radius 2 is 0.622 bits per heavy atom. The topological polar surface area (TPSA) is 95.9 Å². The van der Waals surface area contributed by atoms with Crippen molar-refractivity contribution < 1.29 is 24.5 Å². The Hall–Kier alpha value is -1.40. The van der Waals surface area contributed by atoms with E-state index in [0.29, 0.717) is 19.4 Å². The first-order valence-corrected chi connectivity index (χ1v) is 34.0. The summed E-state index contributed by atoms with van der Waals surface area (Å²) in [7, 11) is 0. The Balaban J connectivity index is 3.31. The van der Waals surface area contributed by atoms with Crippen LogP contribution in [0.5, 0.6) is 0 Å². The predicted octanol–water partition coefficient (Wildman–Crippen LogP) is 21.6. The second kappa shape index (κ2) is 64.1. The maximum absolute atomic E-state index is 12.5. The zero-order valence-electron chi connectivity index (χ0n) is 50.4. The van der Waals surface area contributed by atoms with Gasteiger partial charge in [0.1, 0.15) is 0 Å². The molecule has 0 radical (unpaired) electrons. The molecular formula is C68H133NO5. The first-order chi connectivity index (χ1) is 36.5. The van der Waals surface area contributed by atoms with Crippen molar-refractivity contribution >= 4 is 11.9 Å². The minimum atomic E-state index is -0.839. The van der Waals surface area contributed by atoms with Crippen molar-refractivity contribution in [1.29, 1.82) is 0 Å². The summed E-state index contributed by atoms with van der Waals surface area (Å²) < 4.78 is 5.48. The molecule has 0 rings (SSSR count). The fraction of sp³-hybridized carbons (Fsp3) is 0.941. The molecule has 0 saturated heterocycles. The van der Waals surface area contributed by atoms with Crippen LogP contribution in [-0.2, 0) is 14.3 Å².